The summed E-state index contributed by atoms with van der Waals surface area (Å²) in [4.78, 5) is 36.1. The van der Waals surface area contributed by atoms with Gasteiger partial charge in [0.15, 0.2) is 6.61 Å². The number of ether oxygens (including phenoxy) is 1. The molecule has 0 aliphatic rings. The molecule has 0 atom stereocenters. The maximum atomic E-state index is 12.2. The van der Waals surface area contributed by atoms with Gasteiger partial charge in [-0.25, -0.2) is 5.43 Å². The molecule has 0 bridgehead atoms. The third kappa shape index (κ3) is 7.59. The zero-order valence-electron chi connectivity index (χ0n) is 18.8. The van der Waals surface area contributed by atoms with E-state index in [2.05, 4.69) is 28.1 Å². The fourth-order valence-corrected chi connectivity index (χ4v) is 2.95. The fourth-order valence-electron chi connectivity index (χ4n) is 2.95. The molecule has 8 heteroatoms. The van der Waals surface area contributed by atoms with Crippen LogP contribution in [0.1, 0.15) is 23.6 Å². The lowest BCUT2D eigenvalue weighted by molar-refractivity contribution is -0.139. The number of carbonyl (C=O) groups excluding carboxylic acids is 3. The van der Waals surface area contributed by atoms with Crippen LogP contribution in [0, 0.1) is 0 Å². The van der Waals surface area contributed by atoms with E-state index in [9.17, 15) is 14.4 Å². The second-order valence-electron chi connectivity index (χ2n) is 7.29. The van der Waals surface area contributed by atoms with E-state index in [0.717, 1.165) is 12.0 Å². The number of nitrogens with one attached hydrogen (secondary N) is 3. The van der Waals surface area contributed by atoms with Crippen molar-refractivity contribution in [2.24, 2.45) is 5.10 Å². The van der Waals surface area contributed by atoms with Gasteiger partial charge in [-0.3, -0.25) is 14.4 Å². The van der Waals surface area contributed by atoms with Crippen LogP contribution in [0.2, 0.25) is 0 Å². The van der Waals surface area contributed by atoms with Gasteiger partial charge in [0, 0.05) is 17.8 Å². The van der Waals surface area contributed by atoms with Crippen molar-refractivity contribution in [3.8, 4) is 5.75 Å². The van der Waals surface area contributed by atoms with Crippen LogP contribution in [0.5, 0.6) is 5.75 Å². The molecule has 0 saturated heterocycles. The van der Waals surface area contributed by atoms with Gasteiger partial charge in [-0.15, -0.1) is 0 Å². The maximum Gasteiger partial charge on any atom is 0.329 e. The lowest BCUT2D eigenvalue weighted by Gasteiger charge is -2.10. The molecule has 34 heavy (non-hydrogen) atoms. The first-order chi connectivity index (χ1) is 16.5. The summed E-state index contributed by atoms with van der Waals surface area (Å²) in [5, 5.41) is 9.13. The van der Waals surface area contributed by atoms with Gasteiger partial charge in [0.05, 0.1) is 6.21 Å². The topological polar surface area (TPSA) is 109 Å². The molecule has 0 aliphatic carbocycles. The lowest BCUT2D eigenvalue weighted by Crippen LogP contribution is -2.37. The number of para-hydroxylation sites is 1. The number of benzene rings is 3. The number of nitrogens with zero attached hydrogens (tertiary/aromatic N) is 1. The van der Waals surface area contributed by atoms with E-state index in [1.807, 2.05) is 54.6 Å². The van der Waals surface area contributed by atoms with Gasteiger partial charge >= 0.3 is 11.8 Å². The summed E-state index contributed by atoms with van der Waals surface area (Å²) in [5.74, 6) is -1.59. The van der Waals surface area contributed by atoms with Crippen molar-refractivity contribution in [3.05, 3.63) is 95.6 Å². The van der Waals surface area contributed by atoms with Crippen molar-refractivity contribution in [1.29, 1.82) is 0 Å². The van der Waals surface area contributed by atoms with Crippen LogP contribution in [-0.2, 0) is 27.3 Å². The zero-order valence-corrected chi connectivity index (χ0v) is 18.8. The van der Waals surface area contributed by atoms with Crippen LogP contribution in [0.4, 0.5) is 5.69 Å². The first-order valence-electron chi connectivity index (χ1n) is 10.8. The molecular formula is C26H26N4O4. The molecule has 0 heterocycles. The Bertz CT molecular complexity index is 1140. The number of amides is 3. The zero-order chi connectivity index (χ0) is 24.2. The summed E-state index contributed by atoms with van der Waals surface area (Å²) in [6.07, 6.45) is 2.27. The van der Waals surface area contributed by atoms with Gasteiger partial charge in [-0.1, -0.05) is 61.5 Å². The van der Waals surface area contributed by atoms with E-state index in [0.29, 0.717) is 17.0 Å². The predicted molar refractivity (Wildman–Crippen MR) is 130 cm³/mol. The second kappa shape index (κ2) is 12.5. The average molecular weight is 459 g/mol. The largest absolute Gasteiger partial charge is 0.483 e. The molecule has 3 N–H and O–H groups in total. The second-order valence-corrected chi connectivity index (χ2v) is 7.29. The summed E-state index contributed by atoms with van der Waals surface area (Å²) in [6, 6.07) is 23.7. The minimum atomic E-state index is -0.890. The Kier molecular flexibility index (Phi) is 8.92. The number of aryl methyl sites for hydroxylation is 1. The minimum absolute atomic E-state index is 0.200. The summed E-state index contributed by atoms with van der Waals surface area (Å²) in [7, 11) is 0. The van der Waals surface area contributed by atoms with Crippen molar-refractivity contribution in [3.63, 3.8) is 0 Å². The van der Waals surface area contributed by atoms with Gasteiger partial charge in [0.25, 0.3) is 5.91 Å². The third-order valence-corrected chi connectivity index (χ3v) is 4.80. The van der Waals surface area contributed by atoms with E-state index >= 15 is 0 Å². The van der Waals surface area contributed by atoms with Gasteiger partial charge in [0.1, 0.15) is 5.75 Å². The summed E-state index contributed by atoms with van der Waals surface area (Å²) in [5.41, 5.74) is 5.47. The molecule has 0 unspecified atom stereocenters. The van der Waals surface area contributed by atoms with E-state index in [1.54, 1.807) is 24.3 Å². The molecule has 174 valence electrons. The molecule has 0 aliphatic heterocycles. The molecule has 0 radical (unpaired) electrons. The van der Waals surface area contributed by atoms with E-state index in [4.69, 9.17) is 4.74 Å². The van der Waals surface area contributed by atoms with Crippen molar-refractivity contribution in [2.45, 2.75) is 19.9 Å². The number of hydrazone groups is 1. The molecule has 3 amide bonds. The third-order valence-electron chi connectivity index (χ3n) is 4.80. The Balaban J connectivity index is 1.48. The highest BCUT2D eigenvalue weighted by atomic mass is 16.5. The van der Waals surface area contributed by atoms with Gasteiger partial charge in [0.2, 0.25) is 0 Å². The quantitative estimate of drug-likeness (QED) is 0.260. The molecule has 0 saturated carbocycles. The SMILES string of the molecule is CCc1ccc(NC(=O)COc2ccccc2/C=N\NC(=O)C(=O)NCc2ccccc2)cc1. The number of rotatable bonds is 9. The van der Waals surface area contributed by atoms with Crippen LogP contribution in [0.15, 0.2) is 84.0 Å². The highest BCUT2D eigenvalue weighted by molar-refractivity contribution is 6.35. The van der Waals surface area contributed by atoms with Crippen LogP contribution < -0.4 is 20.8 Å². The molecule has 3 rings (SSSR count). The van der Waals surface area contributed by atoms with E-state index in [-0.39, 0.29) is 19.1 Å². The highest BCUT2D eigenvalue weighted by Crippen LogP contribution is 2.16. The minimum Gasteiger partial charge on any atom is -0.483 e. The Morgan fingerprint density at radius 3 is 2.29 bits per heavy atom. The molecule has 3 aromatic rings. The maximum absolute atomic E-state index is 12.2. The predicted octanol–water partition coefficient (Wildman–Crippen LogP) is 3.03. The van der Waals surface area contributed by atoms with Gasteiger partial charge in [-0.05, 0) is 41.8 Å². The number of hydrogen-bond acceptors (Lipinski definition) is 5. The van der Waals surface area contributed by atoms with Crippen LogP contribution in [0.3, 0.4) is 0 Å². The molecule has 0 spiro atoms. The Morgan fingerprint density at radius 1 is 0.853 bits per heavy atom. The van der Waals surface area contributed by atoms with Crippen molar-refractivity contribution < 1.29 is 19.1 Å². The lowest BCUT2D eigenvalue weighted by atomic mass is 10.1. The molecule has 3 aromatic carbocycles. The standard InChI is InChI=1S/C26H26N4O4/c1-2-19-12-14-22(15-13-19)29-24(31)18-34-23-11-7-6-10-21(23)17-28-30-26(33)25(32)27-16-20-8-4-3-5-9-20/h3-15,17H,2,16,18H2,1H3,(H,27,32)(H,29,31)(H,30,33)/b28-17-. The first-order valence-corrected chi connectivity index (χ1v) is 10.8. The van der Waals surface area contributed by atoms with Crippen molar-refractivity contribution >= 4 is 29.6 Å². The number of hydrogen-bond donors (Lipinski definition) is 3. The first kappa shape index (κ1) is 24.2. The molecule has 0 fully saturated rings. The molecular weight excluding hydrogens is 432 g/mol. The fraction of sp³-hybridized carbons (Fsp3) is 0.154. The van der Waals surface area contributed by atoms with E-state index in [1.165, 1.54) is 11.8 Å². The molecule has 8 nitrogen and oxygen atoms in total. The van der Waals surface area contributed by atoms with Gasteiger partial charge in [-0.2, -0.15) is 5.10 Å². The Labute approximate surface area is 198 Å². The number of anilines is 1. The average Bonchev–Trinajstić information content (AvgIpc) is 2.87. The van der Waals surface area contributed by atoms with Crippen LogP contribution >= 0.6 is 0 Å². The summed E-state index contributed by atoms with van der Waals surface area (Å²) < 4.78 is 5.61. The van der Waals surface area contributed by atoms with Crippen molar-refractivity contribution in [1.82, 2.24) is 10.7 Å². The van der Waals surface area contributed by atoms with Crippen molar-refractivity contribution in [2.75, 3.05) is 11.9 Å². The molecule has 0 aromatic heterocycles. The normalized spacial score (nSPS) is 10.5. The van der Waals surface area contributed by atoms with Crippen LogP contribution in [-0.4, -0.2) is 30.5 Å². The summed E-state index contributed by atoms with van der Waals surface area (Å²) in [6.45, 7) is 2.10. The van der Waals surface area contributed by atoms with Crippen LogP contribution in [0.25, 0.3) is 0 Å². The number of carbonyl (C=O) groups is 3. The Hall–Kier alpha value is -4.46. The van der Waals surface area contributed by atoms with E-state index < -0.39 is 11.8 Å². The monoisotopic (exact) mass is 458 g/mol. The van der Waals surface area contributed by atoms with Gasteiger partial charge < -0.3 is 15.4 Å². The smallest absolute Gasteiger partial charge is 0.329 e. The highest BCUT2D eigenvalue weighted by Gasteiger charge is 2.12. The summed E-state index contributed by atoms with van der Waals surface area (Å²) >= 11 is 0. The Morgan fingerprint density at radius 2 is 1.56 bits per heavy atom.